The second-order valence-electron chi connectivity index (χ2n) is 11.7. The highest BCUT2D eigenvalue weighted by molar-refractivity contribution is 5.89. The highest BCUT2D eigenvalue weighted by Gasteiger charge is 2.50. The van der Waals surface area contributed by atoms with Crippen LogP contribution in [0.15, 0.2) is 41.3 Å². The fourth-order valence-corrected chi connectivity index (χ4v) is 5.90. The maximum absolute atomic E-state index is 12.8. The van der Waals surface area contributed by atoms with Crippen LogP contribution in [-0.2, 0) is 11.2 Å². The number of aromatic nitrogens is 2. The number of urea groups is 1. The van der Waals surface area contributed by atoms with E-state index in [1.807, 2.05) is 18.2 Å². The van der Waals surface area contributed by atoms with Gasteiger partial charge in [-0.1, -0.05) is 12.1 Å². The van der Waals surface area contributed by atoms with E-state index in [9.17, 15) is 14.4 Å². The molecule has 1 aliphatic carbocycles. The zero-order valence-electron chi connectivity index (χ0n) is 22.6. The molecule has 0 atom stereocenters. The Morgan fingerprint density at radius 3 is 2.38 bits per heavy atom. The Kier molecular flexibility index (Phi) is 8.36. The summed E-state index contributed by atoms with van der Waals surface area (Å²) in [6.45, 7) is 8.18. The number of hydrogen-bond acceptors (Lipinski definition) is 7. The number of halogens is 1. The fourth-order valence-electron chi connectivity index (χ4n) is 5.90. The third kappa shape index (κ3) is 6.43. The molecule has 1 saturated carbocycles. The number of amides is 3. The predicted octanol–water partition coefficient (Wildman–Crippen LogP) is 1.03. The predicted molar refractivity (Wildman–Crippen MR) is 152 cm³/mol. The van der Waals surface area contributed by atoms with Gasteiger partial charge in [0.2, 0.25) is 5.91 Å². The van der Waals surface area contributed by atoms with E-state index in [1.165, 1.54) is 4.57 Å². The summed E-state index contributed by atoms with van der Waals surface area (Å²) in [6.07, 6.45) is 4.84. The molecule has 0 unspecified atom stereocenters. The summed E-state index contributed by atoms with van der Waals surface area (Å²) in [6, 6.07) is 9.57. The number of anilines is 1. The summed E-state index contributed by atoms with van der Waals surface area (Å²) in [5, 5.41) is 2.70. The maximum atomic E-state index is 12.8. The first-order valence-electron chi connectivity index (χ1n) is 13.3. The van der Waals surface area contributed by atoms with Crippen LogP contribution in [0, 0.1) is 5.41 Å². The summed E-state index contributed by atoms with van der Waals surface area (Å²) in [5.41, 5.74) is 12.8. The van der Waals surface area contributed by atoms with Gasteiger partial charge in [-0.15, -0.1) is 12.4 Å². The van der Waals surface area contributed by atoms with Gasteiger partial charge in [-0.05, 0) is 62.3 Å². The van der Waals surface area contributed by atoms with E-state index < -0.39 is 11.2 Å². The van der Waals surface area contributed by atoms with Gasteiger partial charge in [-0.3, -0.25) is 14.7 Å². The summed E-state index contributed by atoms with van der Waals surface area (Å²) in [7, 11) is 0. The molecule has 3 fully saturated rings. The van der Waals surface area contributed by atoms with Crippen molar-refractivity contribution in [1.29, 1.82) is 0 Å². The molecule has 39 heavy (non-hydrogen) atoms. The SMILES string of the molecule is CC(C)(N)C(=O)N1CCN(C(=O)Nc2ccn(-c3cccc(CCN4CC5(CC(N)C5)C4)c3)c(=O)n2)CC1.Cl. The molecule has 3 heterocycles. The van der Waals surface area contributed by atoms with Gasteiger partial charge < -0.3 is 26.2 Å². The number of benzene rings is 1. The van der Waals surface area contributed by atoms with Crippen LogP contribution < -0.4 is 22.5 Å². The number of likely N-dealkylation sites (tertiary alicyclic amines) is 1. The minimum atomic E-state index is -0.944. The number of rotatable bonds is 6. The molecule has 12 heteroatoms. The monoisotopic (exact) mass is 558 g/mol. The number of nitrogens with two attached hydrogens (primary N) is 2. The van der Waals surface area contributed by atoms with Gasteiger partial charge in [0.25, 0.3) is 0 Å². The van der Waals surface area contributed by atoms with Crippen molar-refractivity contribution in [2.24, 2.45) is 16.9 Å². The van der Waals surface area contributed by atoms with Gasteiger partial charge in [0.15, 0.2) is 0 Å². The topological polar surface area (TPSA) is 143 Å². The molecule has 2 aromatic rings. The second-order valence-corrected chi connectivity index (χ2v) is 11.7. The first-order valence-corrected chi connectivity index (χ1v) is 13.3. The van der Waals surface area contributed by atoms with E-state index in [0.29, 0.717) is 37.6 Å². The number of piperazine rings is 1. The third-order valence-corrected chi connectivity index (χ3v) is 7.86. The van der Waals surface area contributed by atoms with Crippen LogP contribution in [0.4, 0.5) is 10.6 Å². The lowest BCUT2D eigenvalue weighted by atomic mass is 9.61. The lowest BCUT2D eigenvalue weighted by Gasteiger charge is -2.58. The quantitative estimate of drug-likeness (QED) is 0.480. The van der Waals surface area contributed by atoms with E-state index in [0.717, 1.165) is 50.1 Å². The molecule has 1 aromatic carbocycles. The van der Waals surface area contributed by atoms with Crippen molar-refractivity contribution in [3.05, 3.63) is 52.6 Å². The van der Waals surface area contributed by atoms with Crippen molar-refractivity contribution in [3.8, 4) is 5.69 Å². The molecule has 11 nitrogen and oxygen atoms in total. The minimum absolute atomic E-state index is 0. The van der Waals surface area contributed by atoms with Crippen LogP contribution in [0.2, 0.25) is 0 Å². The van der Waals surface area contributed by atoms with Crippen LogP contribution in [0.1, 0.15) is 32.3 Å². The van der Waals surface area contributed by atoms with Crippen LogP contribution in [0.3, 0.4) is 0 Å². The third-order valence-electron chi connectivity index (χ3n) is 7.86. The zero-order chi connectivity index (χ0) is 27.1. The standard InChI is InChI=1S/C27H38N8O3.ClH/c1-26(2,29)23(36)33-10-12-34(13-11-33)24(37)30-22-7-9-35(25(38)31-22)21-5-3-4-19(14-21)6-8-32-17-27(18-32)15-20(28)16-27;/h3-5,7,9,14,20H,6,8,10-13,15-18,28-29H2,1-2H3,(H,30,31,37,38);1H. The van der Waals surface area contributed by atoms with E-state index in [1.54, 1.807) is 35.9 Å². The Morgan fingerprint density at radius 2 is 1.77 bits per heavy atom. The fraction of sp³-hybridized carbons (Fsp3) is 0.556. The molecule has 1 spiro atoms. The molecule has 1 aromatic heterocycles. The van der Waals surface area contributed by atoms with Gasteiger partial charge in [0.05, 0.1) is 11.2 Å². The summed E-state index contributed by atoms with van der Waals surface area (Å²) in [4.78, 5) is 47.7. The largest absolute Gasteiger partial charge is 0.354 e. The average molecular weight is 559 g/mol. The highest BCUT2D eigenvalue weighted by Crippen LogP contribution is 2.47. The normalized spacial score (nSPS) is 19.2. The van der Waals surface area contributed by atoms with Gasteiger partial charge >= 0.3 is 11.7 Å². The lowest BCUT2D eigenvalue weighted by molar-refractivity contribution is -0.137. The molecule has 3 amide bonds. The first kappa shape index (κ1) is 29.0. The number of nitrogens with one attached hydrogen (secondary N) is 1. The van der Waals surface area contributed by atoms with Gasteiger partial charge in [-0.2, -0.15) is 4.98 Å². The van der Waals surface area contributed by atoms with Crippen LogP contribution in [-0.4, -0.2) is 93.6 Å². The van der Waals surface area contributed by atoms with E-state index >= 15 is 0 Å². The molecule has 212 valence electrons. The molecular weight excluding hydrogens is 520 g/mol. The van der Waals surface area contributed by atoms with Crippen LogP contribution in [0.25, 0.3) is 5.69 Å². The number of nitrogens with zero attached hydrogens (tertiary/aromatic N) is 5. The van der Waals surface area contributed by atoms with Crippen molar-refractivity contribution >= 4 is 30.2 Å². The smallest absolute Gasteiger partial charge is 0.338 e. The lowest BCUT2D eigenvalue weighted by Crippen LogP contribution is -2.65. The highest BCUT2D eigenvalue weighted by atomic mass is 35.5. The Labute approximate surface area is 234 Å². The molecular formula is C27H39ClN8O3. The Bertz CT molecular complexity index is 1250. The number of carbonyl (C=O) groups is 2. The Hall–Kier alpha value is -2.99. The molecule has 2 aliphatic heterocycles. The minimum Gasteiger partial charge on any atom is -0.338 e. The van der Waals surface area contributed by atoms with Crippen molar-refractivity contribution in [2.75, 3.05) is 51.1 Å². The van der Waals surface area contributed by atoms with E-state index in [-0.39, 0.29) is 30.2 Å². The molecule has 2 saturated heterocycles. The average Bonchev–Trinajstić information content (AvgIpc) is 2.84. The second kappa shape index (κ2) is 11.2. The summed E-state index contributed by atoms with van der Waals surface area (Å²) < 4.78 is 1.48. The molecule has 5 N–H and O–H groups in total. The van der Waals surface area contributed by atoms with Crippen LogP contribution >= 0.6 is 12.4 Å². The van der Waals surface area contributed by atoms with Crippen molar-refractivity contribution < 1.29 is 9.59 Å². The van der Waals surface area contributed by atoms with Crippen molar-refractivity contribution in [1.82, 2.24) is 24.3 Å². The first-order chi connectivity index (χ1) is 18.0. The Balaban J connectivity index is 0.00000353. The molecule has 0 bridgehead atoms. The maximum Gasteiger partial charge on any atom is 0.354 e. The number of hydrogen-bond donors (Lipinski definition) is 3. The van der Waals surface area contributed by atoms with Crippen molar-refractivity contribution in [2.45, 2.75) is 44.7 Å². The van der Waals surface area contributed by atoms with Gasteiger partial charge in [-0.25, -0.2) is 9.59 Å². The Morgan fingerprint density at radius 1 is 1.10 bits per heavy atom. The van der Waals surface area contributed by atoms with Crippen LogP contribution in [0.5, 0.6) is 0 Å². The molecule has 5 rings (SSSR count). The van der Waals surface area contributed by atoms with E-state index in [2.05, 4.69) is 21.3 Å². The zero-order valence-corrected chi connectivity index (χ0v) is 23.5. The summed E-state index contributed by atoms with van der Waals surface area (Å²) in [5.74, 6) is 0.0520. The summed E-state index contributed by atoms with van der Waals surface area (Å²) >= 11 is 0. The molecule has 3 aliphatic rings. The van der Waals surface area contributed by atoms with Crippen molar-refractivity contribution in [3.63, 3.8) is 0 Å². The molecule has 0 radical (unpaired) electrons. The van der Waals surface area contributed by atoms with Gasteiger partial charge in [0.1, 0.15) is 5.82 Å². The van der Waals surface area contributed by atoms with Gasteiger partial charge in [0, 0.05) is 58.1 Å². The van der Waals surface area contributed by atoms with E-state index in [4.69, 9.17) is 11.5 Å². The number of carbonyl (C=O) groups excluding carboxylic acids is 2.